The molecule has 0 amide bonds. The third-order valence-corrected chi connectivity index (χ3v) is 5.39. The highest BCUT2D eigenvalue weighted by Gasteiger charge is 2.22. The van der Waals surface area contributed by atoms with Crippen LogP contribution in [0.25, 0.3) is 22.0 Å². The Balaban J connectivity index is 2.37. The van der Waals surface area contributed by atoms with E-state index in [1.165, 1.54) is 0 Å². The minimum atomic E-state index is -0.00331. The molecule has 3 rings (SSSR count). The Labute approximate surface area is 180 Å². The normalized spacial score (nSPS) is 11.0. The zero-order chi connectivity index (χ0) is 21.1. The van der Waals surface area contributed by atoms with E-state index in [-0.39, 0.29) is 6.61 Å². The standard InChI is InChI=1S/C21H23Cl2N3O3/c1-5-13-16(28-3)10-17(29-4)20(23)19(13)15-8-12-11-24-18(22)9-14(12)21(25-15)26(2)6-7-27/h8-11,27H,5-7H2,1-4H3. The van der Waals surface area contributed by atoms with Crippen LogP contribution >= 0.6 is 23.2 Å². The lowest BCUT2D eigenvalue weighted by Crippen LogP contribution is -2.22. The van der Waals surface area contributed by atoms with Crippen molar-refractivity contribution in [2.45, 2.75) is 13.3 Å². The van der Waals surface area contributed by atoms with Gasteiger partial charge in [0.15, 0.2) is 0 Å². The van der Waals surface area contributed by atoms with Crippen molar-refractivity contribution in [2.24, 2.45) is 0 Å². The number of benzene rings is 1. The SMILES string of the molecule is CCc1c(OC)cc(OC)c(Cl)c1-c1cc2cnc(Cl)cc2c(N(C)CCO)n1. The maximum atomic E-state index is 9.41. The van der Waals surface area contributed by atoms with Crippen molar-refractivity contribution < 1.29 is 14.6 Å². The van der Waals surface area contributed by atoms with Gasteiger partial charge in [-0.05, 0) is 18.6 Å². The number of halogens is 2. The molecule has 0 saturated carbocycles. The quantitative estimate of drug-likeness (QED) is 0.546. The molecular weight excluding hydrogens is 413 g/mol. The fourth-order valence-corrected chi connectivity index (χ4v) is 3.88. The highest BCUT2D eigenvalue weighted by Crippen LogP contribution is 2.44. The van der Waals surface area contributed by atoms with Gasteiger partial charge in [-0.25, -0.2) is 9.97 Å². The summed E-state index contributed by atoms with van der Waals surface area (Å²) >= 11 is 12.8. The first-order valence-corrected chi connectivity index (χ1v) is 9.92. The van der Waals surface area contributed by atoms with Gasteiger partial charge in [0.1, 0.15) is 22.5 Å². The Morgan fingerprint density at radius 2 is 1.83 bits per heavy atom. The van der Waals surface area contributed by atoms with Crippen molar-refractivity contribution in [2.75, 3.05) is 39.3 Å². The van der Waals surface area contributed by atoms with Crippen LogP contribution in [0.1, 0.15) is 12.5 Å². The molecule has 1 aromatic carbocycles. The predicted molar refractivity (Wildman–Crippen MR) is 118 cm³/mol. The first-order valence-electron chi connectivity index (χ1n) is 9.17. The van der Waals surface area contributed by atoms with Gasteiger partial charge in [-0.3, -0.25) is 0 Å². The molecule has 29 heavy (non-hydrogen) atoms. The van der Waals surface area contributed by atoms with Gasteiger partial charge in [0.2, 0.25) is 0 Å². The van der Waals surface area contributed by atoms with E-state index in [1.807, 2.05) is 24.9 Å². The van der Waals surface area contributed by atoms with E-state index >= 15 is 0 Å². The summed E-state index contributed by atoms with van der Waals surface area (Å²) in [6.07, 6.45) is 2.40. The van der Waals surface area contributed by atoms with Crippen LogP contribution in [-0.2, 0) is 6.42 Å². The first-order chi connectivity index (χ1) is 13.9. The second-order valence-electron chi connectivity index (χ2n) is 6.51. The van der Waals surface area contributed by atoms with Crippen molar-refractivity contribution in [3.8, 4) is 22.8 Å². The Kier molecular flexibility index (Phi) is 6.67. The maximum Gasteiger partial charge on any atom is 0.141 e. The molecule has 0 unspecified atom stereocenters. The van der Waals surface area contributed by atoms with Crippen LogP contribution < -0.4 is 14.4 Å². The molecule has 0 fully saturated rings. The van der Waals surface area contributed by atoms with Crippen LogP contribution in [0.5, 0.6) is 11.5 Å². The Bertz CT molecular complexity index is 1040. The summed E-state index contributed by atoms with van der Waals surface area (Å²) in [6, 6.07) is 5.48. The predicted octanol–water partition coefficient (Wildman–Crippen LogP) is 4.61. The van der Waals surface area contributed by atoms with E-state index in [9.17, 15) is 5.11 Å². The number of hydrogen-bond donors (Lipinski definition) is 1. The smallest absolute Gasteiger partial charge is 0.141 e. The number of aliphatic hydroxyl groups is 1. The molecule has 6 nitrogen and oxygen atoms in total. The summed E-state index contributed by atoms with van der Waals surface area (Å²) in [6.45, 7) is 2.45. The van der Waals surface area contributed by atoms with Gasteiger partial charge in [-0.15, -0.1) is 0 Å². The van der Waals surface area contributed by atoms with Gasteiger partial charge < -0.3 is 19.5 Å². The second kappa shape index (κ2) is 9.03. The van der Waals surface area contributed by atoms with E-state index in [2.05, 4.69) is 4.98 Å². The highest BCUT2D eigenvalue weighted by atomic mass is 35.5. The summed E-state index contributed by atoms with van der Waals surface area (Å²) in [5, 5.41) is 12.0. The van der Waals surface area contributed by atoms with Gasteiger partial charge in [0.05, 0.1) is 31.5 Å². The number of aromatic nitrogens is 2. The van der Waals surface area contributed by atoms with Crippen molar-refractivity contribution in [3.63, 3.8) is 0 Å². The lowest BCUT2D eigenvalue weighted by Gasteiger charge is -2.22. The lowest BCUT2D eigenvalue weighted by atomic mass is 9.98. The summed E-state index contributed by atoms with van der Waals surface area (Å²) in [4.78, 5) is 11.0. The van der Waals surface area contributed by atoms with Crippen LogP contribution in [0.15, 0.2) is 24.4 Å². The van der Waals surface area contributed by atoms with Gasteiger partial charge in [-0.2, -0.15) is 0 Å². The molecule has 8 heteroatoms. The third-order valence-electron chi connectivity index (χ3n) is 4.80. The Morgan fingerprint density at radius 1 is 1.10 bits per heavy atom. The molecule has 0 bridgehead atoms. The topological polar surface area (TPSA) is 67.7 Å². The molecule has 0 saturated heterocycles. The van der Waals surface area contributed by atoms with Crippen molar-refractivity contribution in [1.29, 1.82) is 0 Å². The number of rotatable bonds is 7. The molecule has 0 aliphatic rings. The first kappa shape index (κ1) is 21.4. The molecule has 2 heterocycles. The van der Waals surface area contributed by atoms with Gasteiger partial charge in [0, 0.05) is 47.8 Å². The molecule has 2 aromatic heterocycles. The van der Waals surface area contributed by atoms with Gasteiger partial charge >= 0.3 is 0 Å². The lowest BCUT2D eigenvalue weighted by molar-refractivity contribution is 0.304. The number of anilines is 1. The van der Waals surface area contributed by atoms with E-state index in [4.69, 9.17) is 37.7 Å². The number of ether oxygens (including phenoxy) is 2. The zero-order valence-corrected chi connectivity index (χ0v) is 18.3. The van der Waals surface area contributed by atoms with Crippen LogP contribution in [0.2, 0.25) is 10.2 Å². The largest absolute Gasteiger partial charge is 0.496 e. The fraction of sp³-hybridized carbons (Fsp3) is 0.333. The van der Waals surface area contributed by atoms with Crippen LogP contribution in [0.3, 0.4) is 0 Å². The highest BCUT2D eigenvalue weighted by molar-refractivity contribution is 6.35. The van der Waals surface area contributed by atoms with Crippen LogP contribution in [-0.4, -0.2) is 49.5 Å². The minimum Gasteiger partial charge on any atom is -0.496 e. The number of fused-ring (bicyclic) bond motifs is 1. The van der Waals surface area contributed by atoms with Gasteiger partial charge in [0.25, 0.3) is 0 Å². The van der Waals surface area contributed by atoms with E-state index in [0.717, 1.165) is 21.9 Å². The van der Waals surface area contributed by atoms with E-state index < -0.39 is 0 Å². The molecule has 0 atom stereocenters. The van der Waals surface area contributed by atoms with Gasteiger partial charge in [-0.1, -0.05) is 30.1 Å². The molecule has 0 aliphatic heterocycles. The number of nitrogens with zero attached hydrogens (tertiary/aromatic N) is 3. The van der Waals surface area contributed by atoms with Crippen molar-refractivity contribution in [3.05, 3.63) is 40.1 Å². The number of hydrogen-bond acceptors (Lipinski definition) is 6. The van der Waals surface area contributed by atoms with E-state index in [1.54, 1.807) is 32.5 Å². The van der Waals surface area contributed by atoms with Crippen LogP contribution in [0, 0.1) is 0 Å². The molecule has 3 aromatic rings. The third kappa shape index (κ3) is 4.06. The minimum absolute atomic E-state index is 0.00331. The zero-order valence-electron chi connectivity index (χ0n) is 16.8. The van der Waals surface area contributed by atoms with Crippen LogP contribution in [0.4, 0.5) is 5.82 Å². The number of methoxy groups -OCH3 is 2. The monoisotopic (exact) mass is 435 g/mol. The molecular formula is C21H23Cl2N3O3. The molecule has 154 valence electrons. The second-order valence-corrected chi connectivity index (χ2v) is 7.27. The average Bonchev–Trinajstić information content (AvgIpc) is 2.72. The number of likely N-dealkylation sites (N-methyl/N-ethyl adjacent to an activating group) is 1. The molecule has 0 radical (unpaired) electrons. The Morgan fingerprint density at radius 3 is 2.45 bits per heavy atom. The van der Waals surface area contributed by atoms with Crippen molar-refractivity contribution in [1.82, 2.24) is 9.97 Å². The number of pyridine rings is 2. The Hall–Kier alpha value is -2.28. The molecule has 1 N–H and O–H groups in total. The maximum absolute atomic E-state index is 9.41. The van der Waals surface area contributed by atoms with Crippen molar-refractivity contribution >= 4 is 39.8 Å². The van der Waals surface area contributed by atoms with E-state index in [0.29, 0.717) is 46.2 Å². The fourth-order valence-electron chi connectivity index (χ4n) is 3.38. The molecule has 0 aliphatic carbocycles. The molecule has 0 spiro atoms. The average molecular weight is 436 g/mol. The summed E-state index contributed by atoms with van der Waals surface area (Å²) in [5.41, 5.74) is 2.35. The summed E-state index contributed by atoms with van der Waals surface area (Å²) in [5.74, 6) is 1.87. The number of aliphatic hydroxyl groups excluding tert-OH is 1. The summed E-state index contributed by atoms with van der Waals surface area (Å²) < 4.78 is 11.0. The summed E-state index contributed by atoms with van der Waals surface area (Å²) in [7, 11) is 5.05.